The summed E-state index contributed by atoms with van der Waals surface area (Å²) in [6.45, 7) is 4.23. The van der Waals surface area contributed by atoms with E-state index in [1.165, 1.54) is 18.4 Å². The highest BCUT2D eigenvalue weighted by molar-refractivity contribution is 5.91. The zero-order valence-corrected chi connectivity index (χ0v) is 12.8. The maximum atomic E-state index is 12.0. The van der Waals surface area contributed by atoms with Crippen molar-refractivity contribution in [1.29, 1.82) is 0 Å². The number of nitrogens with zero attached hydrogens (tertiary/aromatic N) is 1. The monoisotopic (exact) mass is 285 g/mol. The van der Waals surface area contributed by atoms with E-state index < -0.39 is 0 Å². The van der Waals surface area contributed by atoms with Crippen LogP contribution in [0.25, 0.3) is 0 Å². The highest BCUT2D eigenvalue weighted by Crippen LogP contribution is 2.13. The van der Waals surface area contributed by atoms with Gasteiger partial charge in [-0.3, -0.25) is 9.89 Å². The van der Waals surface area contributed by atoms with Crippen LogP contribution in [0.3, 0.4) is 0 Å². The Hall–Kier alpha value is -2.10. The number of aromatic nitrogens is 2. The van der Waals surface area contributed by atoms with Crippen molar-refractivity contribution in [3.05, 3.63) is 47.2 Å². The van der Waals surface area contributed by atoms with Gasteiger partial charge in [0.25, 0.3) is 0 Å². The summed E-state index contributed by atoms with van der Waals surface area (Å²) >= 11 is 0. The molecule has 0 saturated carbocycles. The molecule has 1 aromatic heterocycles. The van der Waals surface area contributed by atoms with Crippen molar-refractivity contribution in [1.82, 2.24) is 10.2 Å². The highest BCUT2D eigenvalue weighted by Gasteiger charge is 2.08. The standard InChI is InChI=1S/C17H23N3O/c1-3-5-6-13-7-9-14(10-8-13)11-16(21)19-17-15(4-2)12-18-20-17/h7-10,12H,3-6,11H2,1-2H3,(H2,18,19,20,21). The molecule has 2 rings (SSSR count). The Morgan fingerprint density at radius 1 is 1.19 bits per heavy atom. The van der Waals surface area contributed by atoms with Crippen molar-refractivity contribution in [2.75, 3.05) is 5.32 Å². The Morgan fingerprint density at radius 2 is 1.90 bits per heavy atom. The zero-order valence-electron chi connectivity index (χ0n) is 12.8. The van der Waals surface area contributed by atoms with Crippen LogP contribution >= 0.6 is 0 Å². The van der Waals surface area contributed by atoms with Gasteiger partial charge in [-0.2, -0.15) is 5.10 Å². The topological polar surface area (TPSA) is 57.8 Å². The van der Waals surface area contributed by atoms with Crippen LogP contribution < -0.4 is 5.32 Å². The molecule has 0 aliphatic heterocycles. The number of benzene rings is 1. The molecule has 21 heavy (non-hydrogen) atoms. The Kier molecular flexibility index (Phi) is 5.55. The lowest BCUT2D eigenvalue weighted by Crippen LogP contribution is -2.15. The molecule has 0 spiro atoms. The number of hydrogen-bond acceptors (Lipinski definition) is 2. The number of carbonyl (C=O) groups excluding carboxylic acids is 1. The van der Waals surface area contributed by atoms with E-state index in [-0.39, 0.29) is 5.91 Å². The minimum Gasteiger partial charge on any atom is -0.311 e. The molecule has 0 radical (unpaired) electrons. The number of aromatic amines is 1. The van der Waals surface area contributed by atoms with Crippen LogP contribution in [0.2, 0.25) is 0 Å². The molecule has 1 amide bonds. The predicted molar refractivity (Wildman–Crippen MR) is 85.4 cm³/mol. The number of rotatable bonds is 7. The molecule has 4 heteroatoms. The third-order valence-electron chi connectivity index (χ3n) is 3.57. The molecule has 4 nitrogen and oxygen atoms in total. The fourth-order valence-corrected chi connectivity index (χ4v) is 2.26. The van der Waals surface area contributed by atoms with Crippen LogP contribution in [0.1, 0.15) is 43.4 Å². The SMILES string of the molecule is CCCCc1ccc(CC(=O)Nc2[nH]ncc2CC)cc1. The maximum absolute atomic E-state index is 12.0. The molecule has 1 aromatic carbocycles. The predicted octanol–water partition coefficient (Wildman–Crippen LogP) is 3.50. The minimum atomic E-state index is -0.0183. The molecule has 2 N–H and O–H groups in total. The van der Waals surface area contributed by atoms with Crippen molar-refractivity contribution < 1.29 is 4.79 Å². The van der Waals surface area contributed by atoms with Gasteiger partial charge in [-0.05, 0) is 30.4 Å². The lowest BCUT2D eigenvalue weighted by atomic mass is 10.0. The van der Waals surface area contributed by atoms with E-state index in [0.717, 1.165) is 24.0 Å². The van der Waals surface area contributed by atoms with Gasteiger partial charge in [0.2, 0.25) is 5.91 Å². The fourth-order valence-electron chi connectivity index (χ4n) is 2.26. The largest absolute Gasteiger partial charge is 0.311 e. The Balaban J connectivity index is 1.90. The summed E-state index contributed by atoms with van der Waals surface area (Å²) < 4.78 is 0. The van der Waals surface area contributed by atoms with Crippen LogP contribution in [0.4, 0.5) is 5.82 Å². The van der Waals surface area contributed by atoms with Gasteiger partial charge in [-0.25, -0.2) is 0 Å². The summed E-state index contributed by atoms with van der Waals surface area (Å²) in [5, 5.41) is 9.66. The Labute approximate surface area is 126 Å². The molecular formula is C17H23N3O. The summed E-state index contributed by atoms with van der Waals surface area (Å²) in [4.78, 5) is 12.0. The molecule has 0 unspecified atom stereocenters. The zero-order chi connectivity index (χ0) is 15.1. The van der Waals surface area contributed by atoms with Gasteiger partial charge >= 0.3 is 0 Å². The van der Waals surface area contributed by atoms with Gasteiger partial charge in [-0.15, -0.1) is 0 Å². The van der Waals surface area contributed by atoms with Crippen LogP contribution in [0.5, 0.6) is 0 Å². The fraction of sp³-hybridized carbons (Fsp3) is 0.412. The van der Waals surface area contributed by atoms with Gasteiger partial charge in [0.15, 0.2) is 0 Å². The van der Waals surface area contributed by atoms with Gasteiger partial charge in [0.1, 0.15) is 5.82 Å². The van der Waals surface area contributed by atoms with E-state index in [4.69, 9.17) is 0 Å². The first-order chi connectivity index (χ1) is 10.2. The van der Waals surface area contributed by atoms with Crippen molar-refractivity contribution in [3.63, 3.8) is 0 Å². The van der Waals surface area contributed by atoms with E-state index in [1.807, 2.05) is 19.1 Å². The highest BCUT2D eigenvalue weighted by atomic mass is 16.1. The minimum absolute atomic E-state index is 0.0183. The lowest BCUT2D eigenvalue weighted by Gasteiger charge is -2.06. The molecule has 0 fully saturated rings. The molecule has 112 valence electrons. The summed E-state index contributed by atoms with van der Waals surface area (Å²) in [5.41, 5.74) is 3.39. The van der Waals surface area contributed by atoms with Gasteiger partial charge in [0, 0.05) is 5.56 Å². The Bertz CT molecular complexity index is 572. The number of unbranched alkanes of at least 4 members (excludes halogenated alkanes) is 1. The number of hydrogen-bond donors (Lipinski definition) is 2. The number of carbonyl (C=O) groups is 1. The van der Waals surface area contributed by atoms with Gasteiger partial charge < -0.3 is 5.32 Å². The number of H-pyrrole nitrogens is 1. The summed E-state index contributed by atoms with van der Waals surface area (Å²) in [6.07, 6.45) is 6.50. The normalized spacial score (nSPS) is 10.6. The summed E-state index contributed by atoms with van der Waals surface area (Å²) in [6, 6.07) is 8.31. The first-order valence-electron chi connectivity index (χ1n) is 7.62. The lowest BCUT2D eigenvalue weighted by molar-refractivity contribution is -0.115. The second-order valence-corrected chi connectivity index (χ2v) is 5.27. The van der Waals surface area contributed by atoms with Crippen LogP contribution in [0, 0.1) is 0 Å². The quantitative estimate of drug-likeness (QED) is 0.818. The first-order valence-corrected chi connectivity index (χ1v) is 7.62. The molecule has 0 aliphatic carbocycles. The summed E-state index contributed by atoms with van der Waals surface area (Å²) in [5.74, 6) is 0.692. The van der Waals surface area contributed by atoms with Gasteiger partial charge in [-0.1, -0.05) is 44.5 Å². The smallest absolute Gasteiger partial charge is 0.229 e. The Morgan fingerprint density at radius 3 is 2.57 bits per heavy atom. The molecule has 2 aromatic rings. The van der Waals surface area contributed by atoms with E-state index in [1.54, 1.807) is 6.20 Å². The van der Waals surface area contributed by atoms with Crippen molar-refractivity contribution in [2.24, 2.45) is 0 Å². The molecule has 0 saturated heterocycles. The molecule has 0 bridgehead atoms. The van der Waals surface area contributed by atoms with E-state index in [0.29, 0.717) is 12.2 Å². The summed E-state index contributed by atoms with van der Waals surface area (Å²) in [7, 11) is 0. The third kappa shape index (κ3) is 4.45. The second kappa shape index (κ2) is 7.62. The van der Waals surface area contributed by atoms with E-state index in [9.17, 15) is 4.79 Å². The van der Waals surface area contributed by atoms with E-state index >= 15 is 0 Å². The van der Waals surface area contributed by atoms with Crippen molar-refractivity contribution in [3.8, 4) is 0 Å². The van der Waals surface area contributed by atoms with Crippen LogP contribution in [-0.4, -0.2) is 16.1 Å². The van der Waals surface area contributed by atoms with Crippen molar-refractivity contribution >= 4 is 11.7 Å². The molecule has 0 atom stereocenters. The average molecular weight is 285 g/mol. The average Bonchev–Trinajstić information content (AvgIpc) is 2.93. The first kappa shape index (κ1) is 15.3. The third-order valence-corrected chi connectivity index (χ3v) is 3.57. The number of nitrogens with one attached hydrogen (secondary N) is 2. The number of anilines is 1. The second-order valence-electron chi connectivity index (χ2n) is 5.27. The van der Waals surface area contributed by atoms with E-state index in [2.05, 4.69) is 34.6 Å². The maximum Gasteiger partial charge on any atom is 0.229 e. The van der Waals surface area contributed by atoms with Crippen LogP contribution in [0.15, 0.2) is 30.5 Å². The molecular weight excluding hydrogens is 262 g/mol. The van der Waals surface area contributed by atoms with Gasteiger partial charge in [0.05, 0.1) is 12.6 Å². The van der Waals surface area contributed by atoms with Crippen LogP contribution in [-0.2, 0) is 24.1 Å². The molecule has 0 aliphatic rings. The number of amides is 1. The molecule has 1 heterocycles. The number of aryl methyl sites for hydroxylation is 2. The van der Waals surface area contributed by atoms with Crippen molar-refractivity contribution in [2.45, 2.75) is 46.0 Å².